The molecule has 3 N–H and O–H groups in total. The van der Waals surface area contributed by atoms with Crippen LogP contribution >= 0.6 is 11.6 Å². The van der Waals surface area contributed by atoms with Crippen LogP contribution < -0.4 is 11.1 Å². The number of hydrogen-bond acceptors (Lipinski definition) is 4. The fourth-order valence-corrected chi connectivity index (χ4v) is 3.78. The zero-order valence-corrected chi connectivity index (χ0v) is 16.4. The molecule has 0 radical (unpaired) electrons. The summed E-state index contributed by atoms with van der Waals surface area (Å²) in [4.78, 5) is 16.1. The van der Waals surface area contributed by atoms with Crippen LogP contribution in [0, 0.1) is 0 Å². The van der Waals surface area contributed by atoms with E-state index in [1.165, 1.54) is 22.3 Å². The predicted octanol–water partition coefficient (Wildman–Crippen LogP) is 4.87. The Balaban J connectivity index is 1.34. The van der Waals surface area contributed by atoms with E-state index in [-0.39, 0.29) is 12.5 Å². The van der Waals surface area contributed by atoms with Gasteiger partial charge in [0.2, 0.25) is 0 Å². The second-order valence-corrected chi connectivity index (χ2v) is 7.15. The maximum Gasteiger partial charge on any atom is 0.407 e. The molecule has 0 saturated heterocycles. The number of carbonyl (C=O) groups is 1. The molecular weight excluding hydrogens is 386 g/mol. The highest BCUT2D eigenvalue weighted by Gasteiger charge is 2.28. The van der Waals surface area contributed by atoms with E-state index in [1.54, 1.807) is 24.4 Å². The predicted molar refractivity (Wildman–Crippen MR) is 116 cm³/mol. The van der Waals surface area contributed by atoms with E-state index in [1.807, 2.05) is 24.3 Å². The van der Waals surface area contributed by atoms with Crippen molar-refractivity contribution in [1.29, 1.82) is 0 Å². The van der Waals surface area contributed by atoms with Crippen molar-refractivity contribution in [3.8, 4) is 11.1 Å². The third-order valence-corrected chi connectivity index (χ3v) is 5.24. The van der Waals surface area contributed by atoms with Crippen LogP contribution in [0.4, 0.5) is 10.6 Å². The summed E-state index contributed by atoms with van der Waals surface area (Å²) in [6, 6.07) is 18.1. The van der Waals surface area contributed by atoms with E-state index in [2.05, 4.69) is 34.6 Å². The van der Waals surface area contributed by atoms with Crippen molar-refractivity contribution in [3.05, 3.63) is 88.6 Å². The molecule has 0 spiro atoms. The molecule has 1 amide bonds. The van der Waals surface area contributed by atoms with Crippen LogP contribution in [0.5, 0.6) is 0 Å². The number of fused-ring (bicyclic) bond motifs is 3. The minimum atomic E-state index is -0.460. The van der Waals surface area contributed by atoms with Gasteiger partial charge in [0.25, 0.3) is 0 Å². The Morgan fingerprint density at radius 3 is 2.45 bits per heavy atom. The van der Waals surface area contributed by atoms with Crippen LogP contribution in [0.2, 0.25) is 5.02 Å². The van der Waals surface area contributed by atoms with Gasteiger partial charge in [0.05, 0.1) is 5.02 Å². The molecule has 3 aromatic rings. The highest BCUT2D eigenvalue weighted by Crippen LogP contribution is 2.44. The minimum Gasteiger partial charge on any atom is -0.449 e. The third kappa shape index (κ3) is 4.10. The molecule has 2 aromatic carbocycles. The van der Waals surface area contributed by atoms with Gasteiger partial charge >= 0.3 is 6.09 Å². The number of carbonyl (C=O) groups excluding carboxylic acids is 1. The second kappa shape index (κ2) is 8.37. The molecule has 0 atom stereocenters. The molecule has 0 fully saturated rings. The van der Waals surface area contributed by atoms with E-state index in [9.17, 15) is 4.79 Å². The molecule has 1 aliphatic rings. The molecule has 5 nitrogen and oxygen atoms in total. The van der Waals surface area contributed by atoms with Gasteiger partial charge in [-0.15, -0.1) is 0 Å². The molecule has 6 heteroatoms. The maximum absolute atomic E-state index is 12.1. The number of aromatic nitrogens is 1. The van der Waals surface area contributed by atoms with Crippen molar-refractivity contribution in [2.45, 2.75) is 5.92 Å². The third-order valence-electron chi connectivity index (χ3n) is 4.91. The van der Waals surface area contributed by atoms with Gasteiger partial charge < -0.3 is 15.8 Å². The summed E-state index contributed by atoms with van der Waals surface area (Å²) in [6.45, 7) is 0.606. The molecule has 0 saturated carbocycles. The lowest BCUT2D eigenvalue weighted by Gasteiger charge is -2.14. The number of nitrogens with two attached hydrogens (primary N) is 1. The average Bonchev–Trinajstić information content (AvgIpc) is 3.05. The van der Waals surface area contributed by atoms with E-state index >= 15 is 0 Å². The fraction of sp³-hybridized carbons (Fsp3) is 0.130. The summed E-state index contributed by atoms with van der Waals surface area (Å²) in [5.74, 6) is 0.410. The lowest BCUT2D eigenvalue weighted by atomic mass is 9.98. The first-order valence-corrected chi connectivity index (χ1v) is 9.67. The number of pyridine rings is 1. The molecular formula is C23H20ClN3O2. The molecule has 0 bridgehead atoms. The number of nitrogens with zero attached hydrogens (tertiary/aromatic N) is 1. The van der Waals surface area contributed by atoms with Crippen LogP contribution in [-0.2, 0) is 4.74 Å². The molecule has 1 heterocycles. The Hall–Kier alpha value is -3.31. The normalized spacial score (nSPS) is 12.6. The van der Waals surface area contributed by atoms with E-state index in [4.69, 9.17) is 22.1 Å². The van der Waals surface area contributed by atoms with Crippen LogP contribution in [0.1, 0.15) is 22.6 Å². The average molecular weight is 406 g/mol. The highest BCUT2D eigenvalue weighted by molar-refractivity contribution is 6.32. The van der Waals surface area contributed by atoms with Crippen molar-refractivity contribution in [1.82, 2.24) is 10.3 Å². The van der Waals surface area contributed by atoms with Gasteiger partial charge in [-0.3, -0.25) is 0 Å². The van der Waals surface area contributed by atoms with Gasteiger partial charge in [0, 0.05) is 24.2 Å². The number of ether oxygens (including phenoxy) is 1. The molecule has 146 valence electrons. The van der Waals surface area contributed by atoms with Gasteiger partial charge in [-0.2, -0.15) is 0 Å². The van der Waals surface area contributed by atoms with Crippen molar-refractivity contribution in [3.63, 3.8) is 0 Å². The zero-order chi connectivity index (χ0) is 20.2. The Morgan fingerprint density at radius 1 is 1.14 bits per heavy atom. The number of alkyl carbamates (subject to hydrolysis) is 1. The van der Waals surface area contributed by atoms with E-state index in [0.29, 0.717) is 17.4 Å². The van der Waals surface area contributed by atoms with Crippen LogP contribution in [0.3, 0.4) is 0 Å². The zero-order valence-electron chi connectivity index (χ0n) is 15.6. The number of rotatable bonds is 5. The monoisotopic (exact) mass is 405 g/mol. The summed E-state index contributed by atoms with van der Waals surface area (Å²) >= 11 is 6.09. The number of nitrogen functional groups attached to an aromatic ring is 1. The van der Waals surface area contributed by atoms with Gasteiger partial charge in [-0.05, 0) is 28.3 Å². The molecule has 0 aliphatic heterocycles. The topological polar surface area (TPSA) is 77.2 Å². The number of benzene rings is 2. The molecule has 29 heavy (non-hydrogen) atoms. The first kappa shape index (κ1) is 19.0. The summed E-state index contributed by atoms with van der Waals surface area (Å²) in [5.41, 5.74) is 11.1. The second-order valence-electron chi connectivity index (χ2n) is 6.74. The number of nitrogens with one attached hydrogen (secondary N) is 1. The number of amides is 1. The SMILES string of the molecule is Nc1cc(Cl)c(C=CCNC(=O)OCC2c3ccccc3-c3ccccc32)cn1. The lowest BCUT2D eigenvalue weighted by molar-refractivity contribution is 0.144. The Kier molecular flexibility index (Phi) is 5.49. The van der Waals surface area contributed by atoms with Gasteiger partial charge in [-0.1, -0.05) is 72.3 Å². The summed E-state index contributed by atoms with van der Waals surface area (Å²) in [6.07, 6.45) is 4.68. The Morgan fingerprint density at radius 2 is 1.79 bits per heavy atom. The van der Waals surface area contributed by atoms with Crippen molar-refractivity contribution in [2.24, 2.45) is 0 Å². The maximum atomic E-state index is 12.1. The van der Waals surface area contributed by atoms with Gasteiger partial charge in [0.15, 0.2) is 0 Å². The highest BCUT2D eigenvalue weighted by atomic mass is 35.5. The van der Waals surface area contributed by atoms with E-state index < -0.39 is 6.09 Å². The summed E-state index contributed by atoms with van der Waals surface area (Å²) in [5, 5.41) is 3.23. The molecule has 1 aromatic heterocycles. The van der Waals surface area contributed by atoms with E-state index in [0.717, 1.165) is 5.56 Å². The number of anilines is 1. The van der Waals surface area contributed by atoms with Crippen molar-refractivity contribution in [2.75, 3.05) is 18.9 Å². The summed E-state index contributed by atoms with van der Waals surface area (Å²) in [7, 11) is 0. The molecule has 4 rings (SSSR count). The molecule has 0 unspecified atom stereocenters. The first-order chi connectivity index (χ1) is 14.1. The number of hydrogen-bond donors (Lipinski definition) is 2. The Bertz CT molecular complexity index is 1040. The lowest BCUT2D eigenvalue weighted by Crippen LogP contribution is -2.26. The smallest absolute Gasteiger partial charge is 0.407 e. The van der Waals surface area contributed by atoms with Crippen LogP contribution in [-0.4, -0.2) is 24.2 Å². The van der Waals surface area contributed by atoms with Crippen LogP contribution in [0.15, 0.2) is 66.9 Å². The first-order valence-electron chi connectivity index (χ1n) is 9.30. The number of halogens is 1. The van der Waals surface area contributed by atoms with Crippen LogP contribution in [0.25, 0.3) is 17.2 Å². The van der Waals surface area contributed by atoms with Crippen molar-refractivity contribution < 1.29 is 9.53 Å². The standard InChI is InChI=1S/C23H20ClN3O2/c24-21-12-22(25)27-13-15(21)6-5-11-26-23(28)29-14-20-18-9-3-1-7-16(18)17-8-2-4-10-19(17)20/h1-10,12-13,20H,11,14H2,(H2,25,27)(H,26,28). The minimum absolute atomic E-state index is 0.0448. The largest absolute Gasteiger partial charge is 0.449 e. The quantitative estimate of drug-likeness (QED) is 0.634. The summed E-state index contributed by atoms with van der Waals surface area (Å²) < 4.78 is 5.49. The molecule has 1 aliphatic carbocycles. The van der Waals surface area contributed by atoms with Crippen molar-refractivity contribution >= 4 is 29.6 Å². The fourth-order valence-electron chi connectivity index (χ4n) is 3.56. The van der Waals surface area contributed by atoms with Gasteiger partial charge in [0.1, 0.15) is 12.4 Å². The Labute approximate surface area is 174 Å². The van der Waals surface area contributed by atoms with Gasteiger partial charge in [-0.25, -0.2) is 9.78 Å².